The molecule has 0 aliphatic carbocycles. The van der Waals surface area contributed by atoms with Gasteiger partial charge in [-0.3, -0.25) is 14.4 Å². The van der Waals surface area contributed by atoms with Gasteiger partial charge in [-0.2, -0.15) is 0 Å². The van der Waals surface area contributed by atoms with Crippen molar-refractivity contribution < 1.29 is 14.4 Å². The van der Waals surface area contributed by atoms with Gasteiger partial charge in [-0.15, -0.1) is 11.8 Å². The Labute approximate surface area is 109 Å². The summed E-state index contributed by atoms with van der Waals surface area (Å²) in [7, 11) is 0. The minimum absolute atomic E-state index is 0.0519. The Hall–Kier alpha value is -0.690. The highest BCUT2D eigenvalue weighted by atomic mass is 32.2. The summed E-state index contributed by atoms with van der Waals surface area (Å²) in [6.07, 6.45) is 0. The molecule has 0 bridgehead atoms. The molecule has 0 spiro atoms. The summed E-state index contributed by atoms with van der Waals surface area (Å²) in [4.78, 5) is 35.7. The van der Waals surface area contributed by atoms with Gasteiger partial charge in [0.15, 0.2) is 5.12 Å². The third kappa shape index (κ3) is 4.99. The first-order chi connectivity index (χ1) is 8.00. The second-order valence-corrected chi connectivity index (χ2v) is 5.97. The summed E-state index contributed by atoms with van der Waals surface area (Å²) in [5.74, 6) is 1.55. The second-order valence-electron chi connectivity index (χ2n) is 3.69. The molecule has 0 radical (unpaired) electrons. The monoisotopic (exact) mass is 276 g/mol. The smallest absolute Gasteiger partial charge is 0.246 e. The molecule has 1 rings (SSSR count). The number of rotatable bonds is 4. The van der Waals surface area contributed by atoms with Gasteiger partial charge in [0, 0.05) is 31.9 Å². The van der Waals surface area contributed by atoms with Gasteiger partial charge in [0.05, 0.1) is 5.88 Å². The number of hydrogen-bond donors (Lipinski definition) is 1. The molecule has 1 N–H and O–H groups in total. The van der Waals surface area contributed by atoms with Crippen molar-refractivity contribution in [2.75, 3.05) is 23.9 Å². The molecule has 7 heteroatoms. The zero-order valence-corrected chi connectivity index (χ0v) is 11.5. The molecule has 96 valence electrons. The Bertz CT molecular complexity index is 317. The SMILES string of the molecule is CC(=O)NC(CSC(C)=O)C(=O)N1CCSC1. The lowest BCUT2D eigenvalue weighted by Gasteiger charge is -2.22. The molecule has 1 fully saturated rings. The van der Waals surface area contributed by atoms with E-state index in [0.717, 1.165) is 17.5 Å². The van der Waals surface area contributed by atoms with Crippen molar-refractivity contribution in [2.45, 2.75) is 19.9 Å². The molecular weight excluding hydrogens is 260 g/mol. The van der Waals surface area contributed by atoms with Crippen molar-refractivity contribution in [3.05, 3.63) is 0 Å². The Morgan fingerprint density at radius 2 is 2.12 bits per heavy atom. The molecule has 0 aromatic heterocycles. The van der Waals surface area contributed by atoms with Gasteiger partial charge in [-0.25, -0.2) is 0 Å². The fraction of sp³-hybridized carbons (Fsp3) is 0.700. The Kier molecular flexibility index (Phi) is 5.84. The first-order valence-electron chi connectivity index (χ1n) is 5.27. The molecule has 1 saturated heterocycles. The lowest BCUT2D eigenvalue weighted by Crippen LogP contribution is -2.48. The Balaban J connectivity index is 2.56. The zero-order chi connectivity index (χ0) is 12.8. The molecule has 5 nitrogen and oxygen atoms in total. The standard InChI is InChI=1S/C10H16N2O3S2/c1-7(13)11-9(5-17-8(2)14)10(15)12-3-4-16-6-12/h9H,3-6H2,1-2H3,(H,11,13). The van der Waals surface area contributed by atoms with Crippen molar-refractivity contribution in [1.82, 2.24) is 10.2 Å². The normalized spacial score (nSPS) is 16.7. The maximum atomic E-state index is 12.1. The van der Waals surface area contributed by atoms with Crippen LogP contribution >= 0.6 is 23.5 Å². The predicted octanol–water partition coefficient (Wildman–Crippen LogP) is 0.304. The third-order valence-corrected chi connectivity index (χ3v) is 4.07. The van der Waals surface area contributed by atoms with Gasteiger partial charge in [-0.05, 0) is 0 Å². The van der Waals surface area contributed by atoms with Crippen LogP contribution in [0.4, 0.5) is 0 Å². The van der Waals surface area contributed by atoms with Gasteiger partial charge < -0.3 is 10.2 Å². The van der Waals surface area contributed by atoms with E-state index < -0.39 is 6.04 Å². The predicted molar refractivity (Wildman–Crippen MR) is 69.8 cm³/mol. The van der Waals surface area contributed by atoms with Crippen LogP contribution in [0.5, 0.6) is 0 Å². The maximum absolute atomic E-state index is 12.1. The molecule has 1 heterocycles. The van der Waals surface area contributed by atoms with Crippen LogP contribution in [0, 0.1) is 0 Å². The highest BCUT2D eigenvalue weighted by Crippen LogP contribution is 2.16. The van der Waals surface area contributed by atoms with E-state index in [0.29, 0.717) is 18.2 Å². The Morgan fingerprint density at radius 3 is 2.59 bits per heavy atom. The van der Waals surface area contributed by atoms with Crippen LogP contribution in [-0.2, 0) is 14.4 Å². The quantitative estimate of drug-likeness (QED) is 0.800. The summed E-state index contributed by atoms with van der Waals surface area (Å²) in [5, 5.41) is 2.55. The van der Waals surface area contributed by atoms with Gasteiger partial charge >= 0.3 is 0 Å². The molecule has 0 aromatic rings. The lowest BCUT2D eigenvalue weighted by molar-refractivity contribution is -0.134. The molecule has 17 heavy (non-hydrogen) atoms. The first kappa shape index (κ1) is 14.4. The van der Waals surface area contributed by atoms with Gasteiger partial charge in [0.1, 0.15) is 6.04 Å². The van der Waals surface area contributed by atoms with E-state index in [2.05, 4.69) is 5.32 Å². The summed E-state index contributed by atoms with van der Waals surface area (Å²) in [6.45, 7) is 3.54. The van der Waals surface area contributed by atoms with Crippen molar-refractivity contribution in [2.24, 2.45) is 0 Å². The van der Waals surface area contributed by atoms with Crippen LogP contribution in [0.3, 0.4) is 0 Å². The van der Waals surface area contributed by atoms with Crippen molar-refractivity contribution in [1.29, 1.82) is 0 Å². The number of thioether (sulfide) groups is 2. The van der Waals surface area contributed by atoms with E-state index in [4.69, 9.17) is 0 Å². The zero-order valence-electron chi connectivity index (χ0n) is 9.89. The van der Waals surface area contributed by atoms with Gasteiger partial charge in [-0.1, -0.05) is 11.8 Å². The van der Waals surface area contributed by atoms with Crippen molar-refractivity contribution >= 4 is 40.5 Å². The number of nitrogens with one attached hydrogen (secondary N) is 1. The topological polar surface area (TPSA) is 66.5 Å². The van der Waals surface area contributed by atoms with Crippen molar-refractivity contribution in [3.8, 4) is 0 Å². The third-order valence-electron chi connectivity index (χ3n) is 2.19. The summed E-state index contributed by atoms with van der Waals surface area (Å²) >= 11 is 2.75. The fourth-order valence-electron chi connectivity index (χ4n) is 1.43. The average molecular weight is 276 g/mol. The number of nitrogens with zero attached hydrogens (tertiary/aromatic N) is 1. The minimum Gasteiger partial charge on any atom is -0.344 e. The van der Waals surface area contributed by atoms with Crippen LogP contribution in [-0.4, -0.2) is 51.8 Å². The first-order valence-corrected chi connectivity index (χ1v) is 7.41. The van der Waals surface area contributed by atoms with E-state index in [1.54, 1.807) is 16.7 Å². The van der Waals surface area contributed by atoms with Crippen LogP contribution < -0.4 is 5.32 Å². The van der Waals surface area contributed by atoms with Crippen LogP contribution in [0.25, 0.3) is 0 Å². The van der Waals surface area contributed by atoms with E-state index in [1.807, 2.05) is 0 Å². The molecule has 1 atom stereocenters. The fourth-order valence-corrected chi connectivity index (χ4v) is 3.01. The van der Waals surface area contributed by atoms with Gasteiger partial charge in [0.2, 0.25) is 11.8 Å². The molecule has 1 aliphatic rings. The summed E-state index contributed by atoms with van der Waals surface area (Å²) < 4.78 is 0. The van der Waals surface area contributed by atoms with Crippen molar-refractivity contribution in [3.63, 3.8) is 0 Å². The number of hydrogen-bond acceptors (Lipinski definition) is 5. The van der Waals surface area contributed by atoms with Crippen LogP contribution in [0.1, 0.15) is 13.8 Å². The van der Waals surface area contributed by atoms with E-state index in [1.165, 1.54) is 13.8 Å². The van der Waals surface area contributed by atoms with Crippen LogP contribution in [0.2, 0.25) is 0 Å². The lowest BCUT2D eigenvalue weighted by atomic mass is 10.3. The largest absolute Gasteiger partial charge is 0.344 e. The number of carbonyl (C=O) groups is 3. The summed E-state index contributed by atoms with van der Waals surface area (Å²) in [6, 6.07) is -0.597. The number of carbonyl (C=O) groups excluding carboxylic acids is 3. The molecule has 1 unspecified atom stereocenters. The molecular formula is C10H16N2O3S2. The average Bonchev–Trinajstić information content (AvgIpc) is 2.75. The summed E-state index contributed by atoms with van der Waals surface area (Å²) in [5.41, 5.74) is 0. The maximum Gasteiger partial charge on any atom is 0.246 e. The molecule has 0 saturated carbocycles. The van der Waals surface area contributed by atoms with E-state index in [9.17, 15) is 14.4 Å². The highest BCUT2D eigenvalue weighted by Gasteiger charge is 2.27. The Morgan fingerprint density at radius 1 is 1.41 bits per heavy atom. The number of amides is 2. The van der Waals surface area contributed by atoms with Crippen LogP contribution in [0.15, 0.2) is 0 Å². The van der Waals surface area contributed by atoms with E-state index in [-0.39, 0.29) is 16.9 Å². The van der Waals surface area contributed by atoms with E-state index >= 15 is 0 Å². The van der Waals surface area contributed by atoms with Gasteiger partial charge in [0.25, 0.3) is 0 Å². The molecule has 0 aromatic carbocycles. The molecule has 1 aliphatic heterocycles. The molecule has 2 amide bonds. The highest BCUT2D eigenvalue weighted by molar-refractivity contribution is 8.13. The second kappa shape index (κ2) is 6.90. The minimum atomic E-state index is -0.597.